The summed E-state index contributed by atoms with van der Waals surface area (Å²) in [6.07, 6.45) is 2.89. The number of carbonyl (C=O) groups excluding carboxylic acids is 4. The summed E-state index contributed by atoms with van der Waals surface area (Å²) in [6.45, 7) is 4.20. The van der Waals surface area contributed by atoms with Gasteiger partial charge in [0.25, 0.3) is 5.91 Å². The maximum atomic E-state index is 13.6. The number of hydrogen-bond acceptors (Lipinski definition) is 6. The highest BCUT2D eigenvalue weighted by Gasteiger charge is 2.22. The van der Waals surface area contributed by atoms with Crippen LogP contribution in [0.4, 0.5) is 21.9 Å². The molecular formula is C34H42N4O6. The number of amides is 4. The van der Waals surface area contributed by atoms with Gasteiger partial charge < -0.3 is 29.9 Å². The van der Waals surface area contributed by atoms with Gasteiger partial charge in [0, 0.05) is 25.0 Å². The number of nitrogens with zero attached hydrogens (tertiary/aromatic N) is 2. The van der Waals surface area contributed by atoms with Crippen molar-refractivity contribution < 1.29 is 28.7 Å². The van der Waals surface area contributed by atoms with E-state index < -0.39 is 6.03 Å². The highest BCUT2D eigenvalue weighted by atomic mass is 16.5. The summed E-state index contributed by atoms with van der Waals surface area (Å²) in [4.78, 5) is 53.9. The largest absolute Gasteiger partial charge is 0.482 e. The highest BCUT2D eigenvalue weighted by Crippen LogP contribution is 2.29. The zero-order valence-electron chi connectivity index (χ0n) is 25.9. The van der Waals surface area contributed by atoms with Crippen LogP contribution >= 0.6 is 0 Å². The Labute approximate surface area is 259 Å². The molecule has 0 fully saturated rings. The number of benzene rings is 3. The summed E-state index contributed by atoms with van der Waals surface area (Å²) in [7, 11) is 3.00. The molecular weight excluding hydrogens is 560 g/mol. The average molecular weight is 603 g/mol. The van der Waals surface area contributed by atoms with E-state index in [1.807, 2.05) is 30.3 Å². The monoisotopic (exact) mass is 602 g/mol. The van der Waals surface area contributed by atoms with Crippen LogP contribution in [0.2, 0.25) is 0 Å². The maximum Gasteiger partial charge on any atom is 0.319 e. The minimum atomic E-state index is -0.563. The van der Waals surface area contributed by atoms with Crippen molar-refractivity contribution in [2.45, 2.75) is 39.5 Å². The standard InChI is InChI=1S/C34H42N4O6/c1-5-12-25(2)19-20-38(31(39)23-35-34(42)36-27-14-11-13-26(21-27)22-33(41)43-4)29-17-9-10-18-30(29)44-24-32(40)37(3)28-15-7-6-8-16-28/h6-11,13-18,21,25H,5,12,19-20,22-24H2,1-4H3,(H2,35,36,42). The van der Waals surface area contributed by atoms with E-state index in [9.17, 15) is 19.2 Å². The fourth-order valence-electron chi connectivity index (χ4n) is 4.62. The lowest BCUT2D eigenvalue weighted by Crippen LogP contribution is -2.42. The number of nitrogens with one attached hydrogen (secondary N) is 2. The predicted molar refractivity (Wildman–Crippen MR) is 172 cm³/mol. The second-order valence-electron chi connectivity index (χ2n) is 10.5. The molecule has 3 aromatic rings. The minimum Gasteiger partial charge on any atom is -0.482 e. The molecule has 0 aromatic heterocycles. The van der Waals surface area contributed by atoms with Crippen molar-refractivity contribution in [3.63, 3.8) is 0 Å². The second-order valence-corrected chi connectivity index (χ2v) is 10.5. The Hall–Kier alpha value is -4.86. The van der Waals surface area contributed by atoms with E-state index in [1.165, 1.54) is 12.0 Å². The normalized spacial score (nSPS) is 11.2. The molecule has 2 N–H and O–H groups in total. The fourth-order valence-corrected chi connectivity index (χ4v) is 4.62. The number of ether oxygens (including phenoxy) is 2. The number of methoxy groups -OCH3 is 1. The number of anilines is 3. The lowest BCUT2D eigenvalue weighted by molar-refractivity contribution is -0.139. The van der Waals surface area contributed by atoms with Crippen LogP contribution in [0.15, 0.2) is 78.9 Å². The zero-order chi connectivity index (χ0) is 31.9. The van der Waals surface area contributed by atoms with E-state index in [0.717, 1.165) is 24.9 Å². The molecule has 10 heteroatoms. The Morgan fingerprint density at radius 2 is 1.61 bits per heavy atom. The quantitative estimate of drug-likeness (QED) is 0.224. The van der Waals surface area contributed by atoms with Gasteiger partial charge >= 0.3 is 12.0 Å². The number of esters is 1. The van der Waals surface area contributed by atoms with Crippen molar-refractivity contribution in [1.29, 1.82) is 0 Å². The van der Waals surface area contributed by atoms with Crippen LogP contribution in [0.25, 0.3) is 0 Å². The van der Waals surface area contributed by atoms with Gasteiger partial charge in [0.2, 0.25) is 5.91 Å². The van der Waals surface area contributed by atoms with Gasteiger partial charge in [-0.2, -0.15) is 0 Å². The lowest BCUT2D eigenvalue weighted by atomic mass is 10.0. The van der Waals surface area contributed by atoms with Crippen LogP contribution in [0.1, 0.15) is 38.7 Å². The van der Waals surface area contributed by atoms with Gasteiger partial charge in [-0.3, -0.25) is 14.4 Å². The first-order valence-electron chi connectivity index (χ1n) is 14.8. The van der Waals surface area contributed by atoms with Gasteiger partial charge in [0.1, 0.15) is 5.75 Å². The van der Waals surface area contributed by atoms with E-state index in [-0.39, 0.29) is 37.4 Å². The molecule has 1 unspecified atom stereocenters. The summed E-state index contributed by atoms with van der Waals surface area (Å²) in [5, 5.41) is 5.34. The number of hydrogen-bond donors (Lipinski definition) is 2. The van der Waals surface area contributed by atoms with Crippen LogP contribution in [0, 0.1) is 5.92 Å². The molecule has 0 aliphatic heterocycles. The molecule has 4 amide bonds. The first-order chi connectivity index (χ1) is 21.2. The topological polar surface area (TPSA) is 117 Å². The fraction of sp³-hybridized carbons (Fsp3) is 0.353. The number of para-hydroxylation sites is 3. The predicted octanol–water partition coefficient (Wildman–Crippen LogP) is 5.42. The molecule has 0 radical (unpaired) electrons. The van der Waals surface area contributed by atoms with E-state index >= 15 is 0 Å². The Kier molecular flexibility index (Phi) is 13.2. The first kappa shape index (κ1) is 33.6. The third-order valence-corrected chi connectivity index (χ3v) is 7.11. The van der Waals surface area contributed by atoms with E-state index in [0.29, 0.717) is 35.2 Å². The Bertz CT molecular complexity index is 1400. The summed E-state index contributed by atoms with van der Waals surface area (Å²) in [5.74, 6) is -0.174. The van der Waals surface area contributed by atoms with Crippen LogP contribution in [0.3, 0.4) is 0 Å². The molecule has 0 saturated heterocycles. The molecule has 0 aliphatic carbocycles. The van der Waals surface area contributed by atoms with Crippen molar-refractivity contribution in [3.05, 3.63) is 84.4 Å². The first-order valence-corrected chi connectivity index (χ1v) is 14.8. The maximum absolute atomic E-state index is 13.6. The SMILES string of the molecule is CCCC(C)CCN(C(=O)CNC(=O)Nc1cccc(CC(=O)OC)c1)c1ccccc1OCC(=O)N(C)c1ccccc1. The van der Waals surface area contributed by atoms with Gasteiger partial charge in [-0.25, -0.2) is 4.79 Å². The number of urea groups is 1. The van der Waals surface area contributed by atoms with Crippen molar-refractivity contribution >= 4 is 40.9 Å². The number of likely N-dealkylation sites (N-methyl/N-ethyl adjacent to an activating group) is 1. The van der Waals surface area contributed by atoms with E-state index in [1.54, 1.807) is 60.5 Å². The molecule has 0 spiro atoms. The van der Waals surface area contributed by atoms with Crippen LogP contribution in [-0.4, -0.2) is 57.7 Å². The third-order valence-electron chi connectivity index (χ3n) is 7.11. The molecule has 3 aromatic carbocycles. The Morgan fingerprint density at radius 1 is 0.886 bits per heavy atom. The summed E-state index contributed by atoms with van der Waals surface area (Å²) in [5.41, 5.74) is 2.43. The molecule has 1 atom stereocenters. The van der Waals surface area contributed by atoms with Gasteiger partial charge in [-0.05, 0) is 54.3 Å². The van der Waals surface area contributed by atoms with Crippen LogP contribution in [-0.2, 0) is 25.5 Å². The summed E-state index contributed by atoms with van der Waals surface area (Å²) < 4.78 is 10.7. The van der Waals surface area contributed by atoms with E-state index in [4.69, 9.17) is 9.47 Å². The molecule has 0 bridgehead atoms. The van der Waals surface area contributed by atoms with Gasteiger partial charge in [0.05, 0.1) is 25.8 Å². The third kappa shape index (κ3) is 10.4. The lowest BCUT2D eigenvalue weighted by Gasteiger charge is -2.27. The molecule has 0 aliphatic rings. The highest BCUT2D eigenvalue weighted by molar-refractivity contribution is 5.99. The number of carbonyl (C=O) groups is 4. The van der Waals surface area contributed by atoms with Gasteiger partial charge in [-0.15, -0.1) is 0 Å². The van der Waals surface area contributed by atoms with E-state index in [2.05, 4.69) is 24.5 Å². The molecule has 3 rings (SSSR count). The molecule has 0 heterocycles. The zero-order valence-corrected chi connectivity index (χ0v) is 25.9. The van der Waals surface area contributed by atoms with Crippen molar-refractivity contribution in [2.75, 3.05) is 49.0 Å². The minimum absolute atomic E-state index is 0.0765. The van der Waals surface area contributed by atoms with Gasteiger partial charge in [0.15, 0.2) is 6.61 Å². The molecule has 10 nitrogen and oxygen atoms in total. The average Bonchev–Trinajstić information content (AvgIpc) is 3.03. The van der Waals surface area contributed by atoms with Crippen molar-refractivity contribution in [1.82, 2.24) is 5.32 Å². The molecule has 0 saturated carbocycles. The van der Waals surface area contributed by atoms with Crippen LogP contribution in [0.5, 0.6) is 5.75 Å². The van der Waals surface area contributed by atoms with Crippen molar-refractivity contribution in [3.8, 4) is 5.75 Å². The molecule has 44 heavy (non-hydrogen) atoms. The van der Waals surface area contributed by atoms with Crippen molar-refractivity contribution in [2.24, 2.45) is 5.92 Å². The Balaban J connectivity index is 1.70. The molecule has 234 valence electrons. The Morgan fingerprint density at radius 3 is 2.34 bits per heavy atom. The van der Waals surface area contributed by atoms with Gasteiger partial charge in [-0.1, -0.05) is 69.2 Å². The number of rotatable bonds is 15. The second kappa shape index (κ2) is 17.3. The smallest absolute Gasteiger partial charge is 0.319 e. The summed E-state index contributed by atoms with van der Waals surface area (Å²) in [6, 6.07) is 22.6. The van der Waals surface area contributed by atoms with Crippen LogP contribution < -0.4 is 25.2 Å². The summed E-state index contributed by atoms with van der Waals surface area (Å²) >= 11 is 0.